The molecular formula is C24H22N2O3. The van der Waals surface area contributed by atoms with Gasteiger partial charge in [-0.3, -0.25) is 14.4 Å². The van der Waals surface area contributed by atoms with Crippen LogP contribution >= 0.6 is 0 Å². The van der Waals surface area contributed by atoms with Gasteiger partial charge in [0.1, 0.15) is 0 Å². The van der Waals surface area contributed by atoms with E-state index in [2.05, 4.69) is 0 Å². The van der Waals surface area contributed by atoms with Crippen molar-refractivity contribution in [3.05, 3.63) is 70.9 Å². The van der Waals surface area contributed by atoms with E-state index in [0.29, 0.717) is 5.69 Å². The zero-order valence-corrected chi connectivity index (χ0v) is 16.6. The van der Waals surface area contributed by atoms with Crippen LogP contribution < -0.4 is 4.90 Å². The highest BCUT2D eigenvalue weighted by atomic mass is 16.2. The van der Waals surface area contributed by atoms with Crippen molar-refractivity contribution in [2.24, 2.45) is 11.8 Å². The van der Waals surface area contributed by atoms with Crippen LogP contribution in [-0.2, 0) is 14.4 Å². The van der Waals surface area contributed by atoms with Crippen molar-refractivity contribution in [1.29, 1.82) is 0 Å². The van der Waals surface area contributed by atoms with Crippen molar-refractivity contribution < 1.29 is 14.4 Å². The molecule has 0 aliphatic carbocycles. The van der Waals surface area contributed by atoms with Crippen molar-refractivity contribution in [3.63, 3.8) is 0 Å². The van der Waals surface area contributed by atoms with E-state index in [0.717, 1.165) is 22.3 Å². The molecule has 29 heavy (non-hydrogen) atoms. The molecule has 0 unspecified atom stereocenters. The van der Waals surface area contributed by atoms with E-state index in [1.165, 1.54) is 11.8 Å². The van der Waals surface area contributed by atoms with Crippen molar-refractivity contribution in [2.45, 2.75) is 32.9 Å². The molecule has 4 atom stereocenters. The third-order valence-electron chi connectivity index (χ3n) is 6.63. The molecule has 0 aromatic heterocycles. The number of amides is 2. The highest BCUT2D eigenvalue weighted by Gasteiger charge is 2.63. The van der Waals surface area contributed by atoms with E-state index in [4.69, 9.17) is 0 Å². The number of benzene rings is 2. The predicted octanol–water partition coefficient (Wildman–Crippen LogP) is 3.41. The fourth-order valence-electron chi connectivity index (χ4n) is 5.14. The van der Waals surface area contributed by atoms with Crippen molar-refractivity contribution in [2.75, 3.05) is 4.90 Å². The molecule has 5 heteroatoms. The Morgan fingerprint density at radius 1 is 0.931 bits per heavy atom. The molecule has 5 rings (SSSR count). The summed E-state index contributed by atoms with van der Waals surface area (Å²) in [7, 11) is 0. The molecule has 2 saturated heterocycles. The average Bonchev–Trinajstić information content (AvgIpc) is 3.17. The lowest BCUT2D eigenvalue weighted by atomic mass is 9.84. The number of hydrogen-bond donors (Lipinski definition) is 0. The molecule has 5 nitrogen and oxygen atoms in total. The number of imide groups is 1. The summed E-state index contributed by atoms with van der Waals surface area (Å²) in [6.45, 7) is 5.47. The van der Waals surface area contributed by atoms with Crippen LogP contribution in [0.5, 0.6) is 0 Å². The summed E-state index contributed by atoms with van der Waals surface area (Å²) in [6.07, 6.45) is 3.83. The first-order valence-electron chi connectivity index (χ1n) is 9.90. The molecule has 0 saturated carbocycles. The second kappa shape index (κ2) is 6.14. The Bertz CT molecular complexity index is 1100. The van der Waals surface area contributed by atoms with E-state index >= 15 is 0 Å². The third kappa shape index (κ3) is 2.36. The van der Waals surface area contributed by atoms with E-state index in [1.807, 2.05) is 73.5 Å². The summed E-state index contributed by atoms with van der Waals surface area (Å²) >= 11 is 0. The summed E-state index contributed by atoms with van der Waals surface area (Å²) in [5.74, 6) is -1.81. The number of anilines is 1. The van der Waals surface area contributed by atoms with E-state index in [9.17, 15) is 14.4 Å². The topological polar surface area (TPSA) is 57.7 Å². The van der Waals surface area contributed by atoms with Gasteiger partial charge in [0.25, 0.3) is 0 Å². The summed E-state index contributed by atoms with van der Waals surface area (Å²) in [5.41, 5.74) is 4.74. The molecule has 2 amide bonds. The minimum absolute atomic E-state index is 0.0883. The maximum atomic E-state index is 13.6. The maximum Gasteiger partial charge on any atom is 0.240 e. The molecule has 0 N–H and O–H groups in total. The second-order valence-electron chi connectivity index (χ2n) is 8.22. The number of ketones is 1. The standard InChI is InChI=1S/C24H22N2O3/c1-13-8-9-17(12-14(13)2)26-23(28)19-20(24(26)29)22-18-7-5-4-6-16(18)10-11-25(22)21(19)15(3)27/h4-12,19-22H,1-3H3/t19-,20+,21-,22+/m0/s1. The molecule has 3 aliphatic heterocycles. The van der Waals surface area contributed by atoms with Gasteiger partial charge in [-0.15, -0.1) is 0 Å². The third-order valence-corrected chi connectivity index (χ3v) is 6.63. The van der Waals surface area contributed by atoms with Crippen LogP contribution in [0.25, 0.3) is 6.08 Å². The van der Waals surface area contributed by atoms with Gasteiger partial charge in [0.2, 0.25) is 11.8 Å². The highest BCUT2D eigenvalue weighted by molar-refractivity contribution is 6.24. The number of nitrogens with zero attached hydrogens (tertiary/aromatic N) is 2. The van der Waals surface area contributed by atoms with Crippen LogP contribution in [0.15, 0.2) is 48.7 Å². The summed E-state index contributed by atoms with van der Waals surface area (Å²) in [5, 5.41) is 0. The first-order chi connectivity index (χ1) is 13.9. The molecule has 0 radical (unpaired) electrons. The van der Waals surface area contributed by atoms with Gasteiger partial charge in [-0.25, -0.2) is 4.90 Å². The van der Waals surface area contributed by atoms with Gasteiger partial charge in [0.15, 0.2) is 5.78 Å². The first-order valence-corrected chi connectivity index (χ1v) is 9.90. The Morgan fingerprint density at radius 2 is 1.66 bits per heavy atom. The normalized spacial score (nSPS) is 27.1. The summed E-state index contributed by atoms with van der Waals surface area (Å²) in [4.78, 5) is 42.9. The first kappa shape index (κ1) is 17.9. The van der Waals surface area contributed by atoms with Crippen LogP contribution in [0.2, 0.25) is 0 Å². The van der Waals surface area contributed by atoms with Gasteiger partial charge in [0.05, 0.1) is 29.6 Å². The van der Waals surface area contributed by atoms with E-state index < -0.39 is 17.9 Å². The lowest BCUT2D eigenvalue weighted by Crippen LogP contribution is -2.43. The zero-order valence-electron chi connectivity index (χ0n) is 16.6. The second-order valence-corrected chi connectivity index (χ2v) is 8.22. The van der Waals surface area contributed by atoms with Crippen LogP contribution in [-0.4, -0.2) is 28.5 Å². The number of hydrogen-bond acceptors (Lipinski definition) is 4. The minimum atomic E-state index is -0.664. The van der Waals surface area contributed by atoms with Gasteiger partial charge in [-0.1, -0.05) is 30.3 Å². The van der Waals surface area contributed by atoms with Gasteiger partial charge in [-0.05, 0) is 61.2 Å². The van der Waals surface area contributed by atoms with Crippen LogP contribution in [0, 0.1) is 25.7 Å². The van der Waals surface area contributed by atoms with Crippen molar-refractivity contribution >= 4 is 29.4 Å². The predicted molar refractivity (Wildman–Crippen MR) is 110 cm³/mol. The van der Waals surface area contributed by atoms with Crippen LogP contribution in [0.4, 0.5) is 5.69 Å². The molecular weight excluding hydrogens is 364 g/mol. The van der Waals surface area contributed by atoms with Crippen LogP contribution in [0.3, 0.4) is 0 Å². The quantitative estimate of drug-likeness (QED) is 0.743. The summed E-state index contributed by atoms with van der Waals surface area (Å²) < 4.78 is 0. The molecule has 2 aromatic rings. The smallest absolute Gasteiger partial charge is 0.240 e. The largest absolute Gasteiger partial charge is 0.359 e. The number of carbonyl (C=O) groups is 3. The number of rotatable bonds is 2. The molecule has 0 spiro atoms. The van der Waals surface area contributed by atoms with Crippen molar-refractivity contribution in [3.8, 4) is 0 Å². The molecule has 2 fully saturated rings. The van der Waals surface area contributed by atoms with Gasteiger partial charge in [0, 0.05) is 6.20 Å². The van der Waals surface area contributed by atoms with Gasteiger partial charge < -0.3 is 4.90 Å². The SMILES string of the molecule is CC(=O)[C@H]1[C@H]2C(=O)N(c3ccc(C)c(C)c3)C(=O)[C@H]2[C@H]2c3ccccc3C=CN21. The highest BCUT2D eigenvalue weighted by Crippen LogP contribution is 2.53. The average molecular weight is 386 g/mol. The summed E-state index contributed by atoms with van der Waals surface area (Å²) in [6, 6.07) is 12.6. The van der Waals surface area contributed by atoms with Gasteiger partial charge >= 0.3 is 0 Å². The Balaban J connectivity index is 1.65. The number of fused-ring (bicyclic) bond motifs is 5. The fourth-order valence-corrected chi connectivity index (χ4v) is 5.14. The Hall–Kier alpha value is -3.21. The van der Waals surface area contributed by atoms with Crippen LogP contribution in [0.1, 0.15) is 35.2 Å². The zero-order chi connectivity index (χ0) is 20.4. The number of carbonyl (C=O) groups excluding carboxylic acids is 3. The van der Waals surface area contributed by atoms with Gasteiger partial charge in [-0.2, -0.15) is 0 Å². The molecule has 0 bridgehead atoms. The lowest BCUT2D eigenvalue weighted by Gasteiger charge is -2.35. The number of Topliss-reactive ketones (excluding diaryl/α,β-unsaturated/α-hetero) is 1. The molecule has 2 aromatic carbocycles. The van der Waals surface area contributed by atoms with Crippen molar-refractivity contribution in [1.82, 2.24) is 4.90 Å². The Kier molecular flexibility index (Phi) is 3.78. The monoisotopic (exact) mass is 386 g/mol. The number of aryl methyl sites for hydroxylation is 2. The minimum Gasteiger partial charge on any atom is -0.359 e. The molecule has 3 aliphatic rings. The van der Waals surface area contributed by atoms with E-state index in [1.54, 1.807) is 0 Å². The maximum absolute atomic E-state index is 13.6. The molecule has 146 valence electrons. The Labute approximate surface area is 169 Å². The Morgan fingerprint density at radius 3 is 2.38 bits per heavy atom. The van der Waals surface area contributed by atoms with E-state index in [-0.39, 0.29) is 23.6 Å². The lowest BCUT2D eigenvalue weighted by molar-refractivity contribution is -0.129. The molecule has 3 heterocycles. The fraction of sp³-hybridized carbons (Fsp3) is 0.292.